The van der Waals surface area contributed by atoms with Crippen molar-refractivity contribution < 1.29 is 4.74 Å². The van der Waals surface area contributed by atoms with Crippen LogP contribution < -0.4 is 15.1 Å². The molecule has 32 heavy (non-hydrogen) atoms. The van der Waals surface area contributed by atoms with Crippen LogP contribution in [0, 0.1) is 5.41 Å². The van der Waals surface area contributed by atoms with Crippen molar-refractivity contribution in [3.8, 4) is 5.75 Å². The largest absolute Gasteiger partial charge is 0.497 e. The highest BCUT2D eigenvalue weighted by Gasteiger charge is 2.21. The van der Waals surface area contributed by atoms with Gasteiger partial charge in [-0.3, -0.25) is 10.3 Å². The second kappa shape index (κ2) is 9.21. The number of rotatable bonds is 6. The van der Waals surface area contributed by atoms with Crippen LogP contribution in [0.5, 0.6) is 5.75 Å². The number of hydrogen-bond donors (Lipinski definition) is 1. The number of hydrogen-bond acceptors (Lipinski definition) is 7. The fourth-order valence-corrected chi connectivity index (χ4v) is 6.11. The summed E-state index contributed by atoms with van der Waals surface area (Å²) in [6, 6.07) is 8.33. The van der Waals surface area contributed by atoms with E-state index in [1.165, 1.54) is 16.1 Å². The Kier molecular flexibility index (Phi) is 6.17. The molecule has 0 unspecified atom stereocenters. The molecule has 2 aliphatic rings. The molecule has 0 amide bonds. The lowest BCUT2D eigenvalue weighted by Crippen LogP contribution is -2.46. The van der Waals surface area contributed by atoms with Crippen LogP contribution in [0.25, 0.3) is 10.2 Å². The molecule has 0 saturated carbocycles. The third kappa shape index (κ3) is 4.27. The third-order valence-electron chi connectivity index (χ3n) is 6.73. The first-order chi connectivity index (χ1) is 15.6. The van der Waals surface area contributed by atoms with Crippen molar-refractivity contribution in [2.75, 3.05) is 58.3 Å². The number of ether oxygens (including phenoxy) is 1. The lowest BCUT2D eigenvalue weighted by atomic mass is 10.1. The van der Waals surface area contributed by atoms with Gasteiger partial charge in [0.1, 0.15) is 16.1 Å². The molecule has 170 valence electrons. The first-order valence-corrected chi connectivity index (χ1v) is 12.3. The van der Waals surface area contributed by atoms with Gasteiger partial charge in [0, 0.05) is 62.4 Å². The van der Waals surface area contributed by atoms with Crippen LogP contribution in [0.1, 0.15) is 16.9 Å². The Labute approximate surface area is 193 Å². The molecule has 1 N–H and O–H groups in total. The van der Waals surface area contributed by atoms with Gasteiger partial charge < -0.3 is 19.1 Å². The van der Waals surface area contributed by atoms with E-state index in [1.807, 2.05) is 17.0 Å². The summed E-state index contributed by atoms with van der Waals surface area (Å²) in [5.41, 5.74) is 3.24. The molecule has 0 atom stereocenters. The molecule has 0 spiro atoms. The predicted molar refractivity (Wildman–Crippen MR) is 130 cm³/mol. The highest BCUT2D eigenvalue weighted by atomic mass is 32.1. The van der Waals surface area contributed by atoms with Crippen molar-refractivity contribution in [2.45, 2.75) is 25.9 Å². The second-order valence-corrected chi connectivity index (χ2v) is 9.93. The van der Waals surface area contributed by atoms with E-state index in [2.05, 4.69) is 39.9 Å². The number of aryl methyl sites for hydroxylation is 1. The molecular weight excluding hydrogens is 420 g/mol. The number of nitrogens with one attached hydrogen (secondary N) is 1. The lowest BCUT2D eigenvalue weighted by molar-refractivity contribution is 0.250. The van der Waals surface area contributed by atoms with Crippen LogP contribution in [-0.4, -0.2) is 72.8 Å². The maximum atomic E-state index is 8.81. The maximum Gasteiger partial charge on any atom is 0.136 e. The third-order valence-corrected chi connectivity index (χ3v) is 7.86. The van der Waals surface area contributed by atoms with Crippen LogP contribution in [-0.2, 0) is 19.5 Å². The monoisotopic (exact) mass is 452 g/mol. The standard InChI is InChI=1S/C24H32N6OS/c1-27-10-7-20-21(16-27)32-24-22(20)23(25)30(17-26-24)9-4-8-28-11-13-29(14-12-28)18-5-3-6-19(15-18)31-2/h3,5-6,15,17,25H,4,7-14,16H2,1-2H3. The van der Waals surface area contributed by atoms with E-state index in [0.717, 1.165) is 81.2 Å². The molecule has 5 rings (SSSR count). The van der Waals surface area contributed by atoms with E-state index in [0.29, 0.717) is 5.49 Å². The molecule has 0 bridgehead atoms. The van der Waals surface area contributed by atoms with Gasteiger partial charge in [0.15, 0.2) is 0 Å². The zero-order chi connectivity index (χ0) is 22.1. The summed E-state index contributed by atoms with van der Waals surface area (Å²) in [6.45, 7) is 8.16. The summed E-state index contributed by atoms with van der Waals surface area (Å²) in [7, 11) is 3.88. The molecule has 2 aromatic heterocycles. The molecule has 0 aliphatic carbocycles. The first kappa shape index (κ1) is 21.4. The van der Waals surface area contributed by atoms with Crippen molar-refractivity contribution in [3.05, 3.63) is 46.5 Å². The Hall–Kier alpha value is -2.42. The Balaban J connectivity index is 1.17. The lowest BCUT2D eigenvalue weighted by Gasteiger charge is -2.36. The molecule has 3 aromatic rings. The molecule has 7 nitrogen and oxygen atoms in total. The molecule has 1 fully saturated rings. The average Bonchev–Trinajstić information content (AvgIpc) is 3.19. The number of benzene rings is 1. The van der Waals surface area contributed by atoms with Crippen molar-refractivity contribution in [1.29, 1.82) is 5.41 Å². The van der Waals surface area contributed by atoms with E-state index < -0.39 is 0 Å². The van der Waals surface area contributed by atoms with E-state index >= 15 is 0 Å². The number of nitrogens with zero attached hydrogens (tertiary/aromatic N) is 5. The number of likely N-dealkylation sites (N-methyl/N-ethyl adjacent to an activating group) is 1. The van der Waals surface area contributed by atoms with Gasteiger partial charge in [-0.1, -0.05) is 6.07 Å². The molecule has 2 aliphatic heterocycles. The Morgan fingerprint density at radius 2 is 1.97 bits per heavy atom. The molecule has 1 aromatic carbocycles. The molecule has 1 saturated heterocycles. The maximum absolute atomic E-state index is 8.81. The zero-order valence-electron chi connectivity index (χ0n) is 19.0. The van der Waals surface area contributed by atoms with E-state index in [4.69, 9.17) is 15.1 Å². The zero-order valence-corrected chi connectivity index (χ0v) is 19.8. The van der Waals surface area contributed by atoms with Crippen LogP contribution in [0.2, 0.25) is 0 Å². The SMILES string of the molecule is COc1cccc(N2CCN(CCCn3cnc4sc5c(c4c3=N)CCN(C)C5)CC2)c1. The fraction of sp³-hybridized carbons (Fsp3) is 0.500. The van der Waals surface area contributed by atoms with E-state index in [-0.39, 0.29) is 0 Å². The number of piperazine rings is 1. The average molecular weight is 453 g/mol. The van der Waals surface area contributed by atoms with Crippen molar-refractivity contribution >= 4 is 27.2 Å². The summed E-state index contributed by atoms with van der Waals surface area (Å²) in [5.74, 6) is 0.914. The number of thiophene rings is 1. The van der Waals surface area contributed by atoms with Crippen LogP contribution in [0.3, 0.4) is 0 Å². The molecule has 4 heterocycles. The summed E-state index contributed by atoms with van der Waals surface area (Å²) in [5, 5.41) is 9.90. The van der Waals surface area contributed by atoms with Crippen molar-refractivity contribution in [3.63, 3.8) is 0 Å². The quantitative estimate of drug-likeness (QED) is 0.623. The van der Waals surface area contributed by atoms with Gasteiger partial charge in [0.25, 0.3) is 0 Å². The first-order valence-electron chi connectivity index (χ1n) is 11.5. The minimum Gasteiger partial charge on any atom is -0.497 e. The smallest absolute Gasteiger partial charge is 0.136 e. The predicted octanol–water partition coefficient (Wildman–Crippen LogP) is 2.79. The van der Waals surface area contributed by atoms with Gasteiger partial charge in [-0.2, -0.15) is 0 Å². The molecule has 8 heteroatoms. The Bertz CT molecular complexity index is 1150. The number of methoxy groups -OCH3 is 1. The minimum absolute atomic E-state index is 0.639. The van der Waals surface area contributed by atoms with Gasteiger partial charge >= 0.3 is 0 Å². The van der Waals surface area contributed by atoms with E-state index in [9.17, 15) is 0 Å². The Morgan fingerprint density at radius 3 is 2.78 bits per heavy atom. The molecule has 0 radical (unpaired) electrons. The molecular formula is C24H32N6OS. The van der Waals surface area contributed by atoms with Gasteiger partial charge in [-0.25, -0.2) is 4.98 Å². The van der Waals surface area contributed by atoms with Crippen LogP contribution >= 0.6 is 11.3 Å². The minimum atomic E-state index is 0.639. The van der Waals surface area contributed by atoms with E-state index in [1.54, 1.807) is 18.4 Å². The van der Waals surface area contributed by atoms with Crippen LogP contribution in [0.15, 0.2) is 30.6 Å². The fourth-order valence-electron chi connectivity index (χ4n) is 4.85. The highest BCUT2D eigenvalue weighted by molar-refractivity contribution is 7.18. The van der Waals surface area contributed by atoms with Crippen molar-refractivity contribution in [2.24, 2.45) is 0 Å². The number of anilines is 1. The van der Waals surface area contributed by atoms with Gasteiger partial charge in [-0.15, -0.1) is 11.3 Å². The number of aromatic nitrogens is 2. The van der Waals surface area contributed by atoms with Crippen molar-refractivity contribution in [1.82, 2.24) is 19.4 Å². The topological polar surface area (TPSA) is 60.6 Å². The summed E-state index contributed by atoms with van der Waals surface area (Å²) >= 11 is 1.77. The summed E-state index contributed by atoms with van der Waals surface area (Å²) in [6.07, 6.45) is 3.94. The van der Waals surface area contributed by atoms with Gasteiger partial charge in [0.05, 0.1) is 18.8 Å². The summed E-state index contributed by atoms with van der Waals surface area (Å²) < 4.78 is 7.41. The normalized spacial score (nSPS) is 17.6. The summed E-state index contributed by atoms with van der Waals surface area (Å²) in [4.78, 5) is 14.4. The highest BCUT2D eigenvalue weighted by Crippen LogP contribution is 2.31. The van der Waals surface area contributed by atoms with Gasteiger partial charge in [-0.05, 0) is 44.1 Å². The Morgan fingerprint density at radius 1 is 1.12 bits per heavy atom. The van der Waals surface area contributed by atoms with Crippen LogP contribution in [0.4, 0.5) is 5.69 Å². The second-order valence-electron chi connectivity index (χ2n) is 8.84. The number of fused-ring (bicyclic) bond motifs is 3. The van der Waals surface area contributed by atoms with Gasteiger partial charge in [0.2, 0.25) is 0 Å².